The number of nitrogens with zero attached hydrogens (tertiary/aromatic N) is 4. The highest BCUT2D eigenvalue weighted by Gasteiger charge is 2.23. The lowest BCUT2D eigenvalue weighted by Crippen LogP contribution is -2.39. The number of carbonyl (C=O) groups is 1. The quantitative estimate of drug-likeness (QED) is 0.917. The molecule has 134 valence electrons. The van der Waals surface area contributed by atoms with E-state index in [9.17, 15) is 4.79 Å². The molecular weight excluding hydrogens is 326 g/mol. The molecule has 2 aromatic rings. The number of nitrogens with one attached hydrogen (secondary N) is 1. The van der Waals surface area contributed by atoms with E-state index >= 15 is 0 Å². The predicted molar refractivity (Wildman–Crippen MR) is 99.9 cm³/mol. The fourth-order valence-corrected chi connectivity index (χ4v) is 3.43. The Bertz CT molecular complexity index is 814. The molecule has 1 saturated heterocycles. The van der Waals surface area contributed by atoms with Crippen molar-refractivity contribution in [2.24, 2.45) is 5.92 Å². The molecule has 26 heavy (non-hydrogen) atoms. The molecule has 0 radical (unpaired) electrons. The maximum absolute atomic E-state index is 12.4. The van der Waals surface area contributed by atoms with Gasteiger partial charge >= 0.3 is 0 Å². The fourth-order valence-electron chi connectivity index (χ4n) is 3.43. The normalized spacial score (nSPS) is 14.7. The number of anilines is 1. The van der Waals surface area contributed by atoms with Crippen LogP contribution >= 0.6 is 0 Å². The molecule has 1 amide bonds. The number of carbonyl (C=O) groups excluding carboxylic acids is 1. The van der Waals surface area contributed by atoms with Gasteiger partial charge in [-0.15, -0.1) is 0 Å². The number of rotatable bonds is 4. The van der Waals surface area contributed by atoms with E-state index in [0.29, 0.717) is 24.0 Å². The Morgan fingerprint density at radius 3 is 2.50 bits per heavy atom. The molecule has 1 N–H and O–H groups in total. The smallest absolute Gasteiger partial charge is 0.251 e. The second-order valence-electron chi connectivity index (χ2n) is 6.86. The average molecular weight is 349 g/mol. The van der Waals surface area contributed by atoms with Crippen LogP contribution < -0.4 is 10.2 Å². The van der Waals surface area contributed by atoms with Gasteiger partial charge in [-0.1, -0.05) is 17.2 Å². The molecule has 0 unspecified atom stereocenters. The first-order chi connectivity index (χ1) is 12.6. The summed E-state index contributed by atoms with van der Waals surface area (Å²) in [6.07, 6.45) is 5.06. The van der Waals surface area contributed by atoms with Crippen LogP contribution in [-0.2, 0) is 0 Å². The first kappa shape index (κ1) is 17.9. The van der Waals surface area contributed by atoms with Crippen LogP contribution in [0.15, 0.2) is 30.6 Å². The van der Waals surface area contributed by atoms with E-state index in [2.05, 4.69) is 32.3 Å². The molecule has 2 heterocycles. The maximum atomic E-state index is 12.4. The number of hydrogen-bond acceptors (Lipinski definition) is 5. The molecule has 6 heteroatoms. The second kappa shape index (κ2) is 7.96. The minimum atomic E-state index is -0.0140. The SMILES string of the molecule is Cc1cc(C)cc(C(=O)NCC2CCN(c3nccnc3C#N)CC2)c1. The minimum absolute atomic E-state index is 0.0140. The second-order valence-corrected chi connectivity index (χ2v) is 6.86. The Labute approximate surface area is 153 Å². The number of piperidine rings is 1. The lowest BCUT2D eigenvalue weighted by atomic mass is 9.96. The number of aromatic nitrogens is 2. The van der Waals surface area contributed by atoms with Crippen LogP contribution in [0.4, 0.5) is 5.82 Å². The van der Waals surface area contributed by atoms with Crippen molar-refractivity contribution in [3.8, 4) is 6.07 Å². The van der Waals surface area contributed by atoms with Crippen molar-refractivity contribution >= 4 is 11.7 Å². The lowest BCUT2D eigenvalue weighted by molar-refractivity contribution is 0.0944. The van der Waals surface area contributed by atoms with Gasteiger partial charge in [0.1, 0.15) is 6.07 Å². The number of hydrogen-bond donors (Lipinski definition) is 1. The number of aryl methyl sites for hydroxylation is 2. The largest absolute Gasteiger partial charge is 0.354 e. The van der Waals surface area contributed by atoms with Gasteiger partial charge in [-0.3, -0.25) is 4.79 Å². The Morgan fingerprint density at radius 2 is 1.85 bits per heavy atom. The monoisotopic (exact) mass is 349 g/mol. The highest BCUT2D eigenvalue weighted by atomic mass is 16.1. The van der Waals surface area contributed by atoms with Gasteiger partial charge in [-0.25, -0.2) is 9.97 Å². The number of nitriles is 1. The van der Waals surface area contributed by atoms with Gasteiger partial charge in [0.2, 0.25) is 0 Å². The topological polar surface area (TPSA) is 81.9 Å². The molecular formula is C20H23N5O. The van der Waals surface area contributed by atoms with Gasteiger partial charge in [-0.2, -0.15) is 5.26 Å². The molecule has 1 aliphatic rings. The van der Waals surface area contributed by atoms with E-state index in [4.69, 9.17) is 5.26 Å². The number of benzene rings is 1. The van der Waals surface area contributed by atoms with Crippen molar-refractivity contribution in [3.05, 3.63) is 53.0 Å². The van der Waals surface area contributed by atoms with Crippen LogP contribution in [0.5, 0.6) is 0 Å². The van der Waals surface area contributed by atoms with E-state index in [-0.39, 0.29) is 5.91 Å². The summed E-state index contributed by atoms with van der Waals surface area (Å²) in [5.41, 5.74) is 3.29. The minimum Gasteiger partial charge on any atom is -0.354 e. The standard InChI is InChI=1S/C20H23N5O/c1-14-9-15(2)11-17(10-14)20(26)24-13-16-3-7-25(8-4-16)19-18(12-21)22-5-6-23-19/h5-6,9-11,16H,3-4,7-8,13H2,1-2H3,(H,24,26). The zero-order chi connectivity index (χ0) is 18.5. The molecule has 1 aromatic carbocycles. The average Bonchev–Trinajstić information content (AvgIpc) is 2.65. The van der Waals surface area contributed by atoms with Gasteiger partial charge in [0.05, 0.1) is 0 Å². The molecule has 6 nitrogen and oxygen atoms in total. The first-order valence-corrected chi connectivity index (χ1v) is 8.89. The maximum Gasteiger partial charge on any atom is 0.251 e. The highest BCUT2D eigenvalue weighted by Crippen LogP contribution is 2.23. The zero-order valence-corrected chi connectivity index (χ0v) is 15.2. The summed E-state index contributed by atoms with van der Waals surface area (Å²) in [5.74, 6) is 1.08. The third-order valence-corrected chi connectivity index (χ3v) is 4.73. The van der Waals surface area contributed by atoms with Crippen molar-refractivity contribution in [1.29, 1.82) is 5.26 Å². The van der Waals surface area contributed by atoms with Gasteiger partial charge in [0, 0.05) is 37.6 Å². The summed E-state index contributed by atoms with van der Waals surface area (Å²) < 4.78 is 0. The van der Waals surface area contributed by atoms with Crippen LogP contribution in [0, 0.1) is 31.1 Å². The molecule has 0 aliphatic carbocycles. The van der Waals surface area contributed by atoms with E-state index < -0.39 is 0 Å². The van der Waals surface area contributed by atoms with Gasteiger partial charge in [0.15, 0.2) is 11.5 Å². The molecule has 0 bridgehead atoms. The van der Waals surface area contributed by atoms with Crippen molar-refractivity contribution in [1.82, 2.24) is 15.3 Å². The lowest BCUT2D eigenvalue weighted by Gasteiger charge is -2.32. The predicted octanol–water partition coefficient (Wildman–Crippen LogP) is 2.61. The molecule has 1 aliphatic heterocycles. The van der Waals surface area contributed by atoms with Gasteiger partial charge in [0.25, 0.3) is 5.91 Å². The van der Waals surface area contributed by atoms with Crippen molar-refractivity contribution in [3.63, 3.8) is 0 Å². The molecule has 0 atom stereocenters. The van der Waals surface area contributed by atoms with Crippen molar-refractivity contribution in [2.45, 2.75) is 26.7 Å². The van der Waals surface area contributed by atoms with Crippen LogP contribution in [0.25, 0.3) is 0 Å². The summed E-state index contributed by atoms with van der Waals surface area (Å²) in [5, 5.41) is 12.2. The molecule has 1 aromatic heterocycles. The molecule has 3 rings (SSSR count). The van der Waals surface area contributed by atoms with Gasteiger partial charge < -0.3 is 10.2 Å². The first-order valence-electron chi connectivity index (χ1n) is 8.89. The van der Waals surface area contributed by atoms with Gasteiger partial charge in [-0.05, 0) is 44.7 Å². The Morgan fingerprint density at radius 1 is 1.19 bits per heavy atom. The third kappa shape index (κ3) is 4.17. The molecule has 1 fully saturated rings. The third-order valence-electron chi connectivity index (χ3n) is 4.73. The van der Waals surface area contributed by atoms with Crippen LogP contribution in [0.2, 0.25) is 0 Å². The fraction of sp³-hybridized carbons (Fsp3) is 0.400. The van der Waals surface area contributed by atoms with Crippen LogP contribution in [0.3, 0.4) is 0 Å². The summed E-state index contributed by atoms with van der Waals surface area (Å²) >= 11 is 0. The zero-order valence-electron chi connectivity index (χ0n) is 15.2. The van der Waals surface area contributed by atoms with E-state index in [1.165, 1.54) is 6.20 Å². The van der Waals surface area contributed by atoms with E-state index in [1.807, 2.05) is 26.0 Å². The highest BCUT2D eigenvalue weighted by molar-refractivity contribution is 5.94. The Hall–Kier alpha value is -2.94. The summed E-state index contributed by atoms with van der Waals surface area (Å²) in [7, 11) is 0. The summed E-state index contributed by atoms with van der Waals surface area (Å²) in [6.45, 7) is 6.31. The molecule has 0 spiro atoms. The van der Waals surface area contributed by atoms with Crippen LogP contribution in [0.1, 0.15) is 40.0 Å². The summed E-state index contributed by atoms with van der Waals surface area (Å²) in [4.78, 5) is 22.9. The van der Waals surface area contributed by atoms with Crippen molar-refractivity contribution in [2.75, 3.05) is 24.5 Å². The molecule has 0 saturated carbocycles. The van der Waals surface area contributed by atoms with E-state index in [0.717, 1.165) is 42.6 Å². The van der Waals surface area contributed by atoms with E-state index in [1.54, 1.807) is 6.20 Å². The summed E-state index contributed by atoms with van der Waals surface area (Å²) in [6, 6.07) is 8.00. The Balaban J connectivity index is 1.53. The van der Waals surface area contributed by atoms with Crippen molar-refractivity contribution < 1.29 is 4.79 Å². The van der Waals surface area contributed by atoms with Crippen LogP contribution in [-0.4, -0.2) is 35.5 Å². The number of amides is 1. The Kier molecular flexibility index (Phi) is 5.47.